The Hall–Kier alpha value is -0.800. The van der Waals surface area contributed by atoms with Crippen molar-refractivity contribution in [1.29, 1.82) is 0 Å². The zero-order valence-electron chi connectivity index (χ0n) is 14.5. The molecule has 0 spiro atoms. The molecule has 8 atom stereocenters. The maximum atomic E-state index is 10.4. The van der Waals surface area contributed by atoms with Crippen LogP contribution in [0, 0.1) is 34.5 Å². The van der Waals surface area contributed by atoms with E-state index in [2.05, 4.69) is 26.0 Å². The highest BCUT2D eigenvalue weighted by atomic mass is 16.5. The van der Waals surface area contributed by atoms with Crippen LogP contribution in [0.4, 0.5) is 0 Å². The van der Waals surface area contributed by atoms with Gasteiger partial charge in [0.25, 0.3) is 0 Å². The smallest absolute Gasteiger partial charge is 0.0944 e. The third-order valence-corrected chi connectivity index (χ3v) is 8.00. The molecule has 4 rings (SSSR count). The van der Waals surface area contributed by atoms with Crippen LogP contribution in [0.2, 0.25) is 0 Å². The van der Waals surface area contributed by atoms with Crippen molar-refractivity contribution in [1.82, 2.24) is 0 Å². The van der Waals surface area contributed by atoms with Crippen molar-refractivity contribution in [2.24, 2.45) is 34.5 Å². The van der Waals surface area contributed by atoms with Crippen molar-refractivity contribution >= 4 is 0 Å². The number of aliphatic hydroxyl groups excluding tert-OH is 2. The van der Waals surface area contributed by atoms with Gasteiger partial charge in [-0.2, -0.15) is 0 Å². The predicted molar refractivity (Wildman–Crippen MR) is 89.9 cm³/mol. The van der Waals surface area contributed by atoms with Crippen LogP contribution < -0.4 is 0 Å². The van der Waals surface area contributed by atoms with E-state index in [0.29, 0.717) is 29.4 Å². The van der Waals surface area contributed by atoms with Crippen molar-refractivity contribution < 1.29 is 14.9 Å². The van der Waals surface area contributed by atoms with E-state index >= 15 is 0 Å². The van der Waals surface area contributed by atoms with Crippen molar-refractivity contribution in [2.45, 2.75) is 58.2 Å². The van der Waals surface area contributed by atoms with Crippen LogP contribution in [-0.2, 0) is 4.74 Å². The van der Waals surface area contributed by atoms with Crippen LogP contribution in [0.25, 0.3) is 0 Å². The Labute approximate surface area is 139 Å². The molecule has 23 heavy (non-hydrogen) atoms. The first-order chi connectivity index (χ1) is 10.9. The number of ether oxygens (including phenoxy) is 1. The molecule has 2 N–H and O–H groups in total. The van der Waals surface area contributed by atoms with Crippen LogP contribution in [-0.4, -0.2) is 29.5 Å². The van der Waals surface area contributed by atoms with E-state index in [-0.39, 0.29) is 23.0 Å². The summed E-state index contributed by atoms with van der Waals surface area (Å²) >= 11 is 0. The van der Waals surface area contributed by atoms with E-state index in [1.807, 2.05) is 13.2 Å². The molecule has 128 valence electrons. The van der Waals surface area contributed by atoms with Crippen LogP contribution in [0.15, 0.2) is 24.0 Å². The predicted octanol–water partition coefficient (Wildman–Crippen LogP) is 3.84. The average Bonchev–Trinajstić information content (AvgIpc) is 2.83. The molecule has 4 aliphatic rings. The second-order valence-corrected chi connectivity index (χ2v) is 8.81. The largest absolute Gasteiger partial charge is 0.512 e. The van der Waals surface area contributed by atoms with Crippen molar-refractivity contribution in [2.75, 3.05) is 7.11 Å². The highest BCUT2D eigenvalue weighted by Gasteiger charge is 2.61. The summed E-state index contributed by atoms with van der Waals surface area (Å²) in [4.78, 5) is 0. The molecule has 0 unspecified atom stereocenters. The van der Waals surface area contributed by atoms with Gasteiger partial charge in [-0.05, 0) is 67.3 Å². The Kier molecular flexibility index (Phi) is 3.48. The Bertz CT molecular complexity index is 553. The van der Waals surface area contributed by atoms with Crippen LogP contribution in [0.1, 0.15) is 46.0 Å². The zero-order valence-corrected chi connectivity index (χ0v) is 14.5. The second-order valence-electron chi connectivity index (χ2n) is 8.81. The maximum absolute atomic E-state index is 10.4. The molecule has 4 aliphatic carbocycles. The van der Waals surface area contributed by atoms with E-state index in [9.17, 15) is 10.2 Å². The molecule has 2 fully saturated rings. The van der Waals surface area contributed by atoms with Crippen molar-refractivity contribution in [3.63, 3.8) is 0 Å². The highest BCUT2D eigenvalue weighted by molar-refractivity contribution is 5.24. The fourth-order valence-corrected chi connectivity index (χ4v) is 6.54. The summed E-state index contributed by atoms with van der Waals surface area (Å²) in [6.45, 7) is 4.64. The van der Waals surface area contributed by atoms with Gasteiger partial charge >= 0.3 is 0 Å². The third-order valence-electron chi connectivity index (χ3n) is 8.00. The molecule has 3 nitrogen and oxygen atoms in total. The van der Waals surface area contributed by atoms with Gasteiger partial charge in [0, 0.05) is 12.5 Å². The molecular formula is C20H30O3. The first-order valence-corrected chi connectivity index (χ1v) is 9.20. The molecule has 0 aromatic heterocycles. The molecule has 0 aliphatic heterocycles. The molecule has 0 bridgehead atoms. The number of aliphatic hydroxyl groups is 2. The standard InChI is InChI=1S/C20H30O3/c1-19-8-6-13(21)10-12(19)11-16(23-3)18-14-4-5-17(22)20(14,2)9-7-15(18)19/h5-6,8,12-16,18,21-22H,4,7,9-11H2,1-3H3/t12-,13-,14-,15-,16-,18-,19-,20-/m0/s1. The monoisotopic (exact) mass is 318 g/mol. The van der Waals surface area contributed by atoms with Gasteiger partial charge in [-0.15, -0.1) is 0 Å². The molecule has 2 saturated carbocycles. The van der Waals surface area contributed by atoms with Crippen LogP contribution >= 0.6 is 0 Å². The highest BCUT2D eigenvalue weighted by Crippen LogP contribution is 2.65. The second kappa shape index (κ2) is 5.10. The Balaban J connectivity index is 1.73. The molecular weight excluding hydrogens is 288 g/mol. The average molecular weight is 318 g/mol. The Morgan fingerprint density at radius 3 is 2.74 bits per heavy atom. The minimum atomic E-state index is -0.298. The fraction of sp³-hybridized carbons (Fsp3) is 0.800. The van der Waals surface area contributed by atoms with E-state index in [1.54, 1.807) is 0 Å². The van der Waals surface area contributed by atoms with Crippen molar-refractivity contribution in [3.05, 3.63) is 24.0 Å². The van der Waals surface area contributed by atoms with Crippen molar-refractivity contribution in [3.8, 4) is 0 Å². The molecule has 0 saturated heterocycles. The number of rotatable bonds is 1. The summed E-state index contributed by atoms with van der Waals surface area (Å²) in [5.41, 5.74) is 0.109. The minimum absolute atomic E-state index is 0.0565. The first-order valence-electron chi connectivity index (χ1n) is 9.20. The molecule has 0 aromatic carbocycles. The third kappa shape index (κ3) is 2.02. The molecule has 0 aromatic rings. The lowest BCUT2D eigenvalue weighted by Crippen LogP contribution is -2.57. The van der Waals surface area contributed by atoms with E-state index in [0.717, 1.165) is 32.1 Å². The summed E-state index contributed by atoms with van der Waals surface area (Å²) < 4.78 is 5.97. The number of hydrogen-bond acceptors (Lipinski definition) is 3. The normalized spacial score (nSPS) is 54.9. The van der Waals surface area contributed by atoms with E-state index in [4.69, 9.17) is 4.74 Å². The van der Waals surface area contributed by atoms with Gasteiger partial charge in [-0.25, -0.2) is 0 Å². The van der Waals surface area contributed by atoms with Gasteiger partial charge in [0.05, 0.1) is 18.0 Å². The van der Waals surface area contributed by atoms with Crippen LogP contribution in [0.3, 0.4) is 0 Å². The Morgan fingerprint density at radius 1 is 1.22 bits per heavy atom. The van der Waals surface area contributed by atoms with Crippen LogP contribution in [0.5, 0.6) is 0 Å². The lowest BCUT2D eigenvalue weighted by atomic mass is 9.45. The summed E-state index contributed by atoms with van der Waals surface area (Å²) in [6, 6.07) is 0. The van der Waals surface area contributed by atoms with Gasteiger partial charge in [-0.3, -0.25) is 0 Å². The van der Waals surface area contributed by atoms with E-state index in [1.165, 1.54) is 0 Å². The summed E-state index contributed by atoms with van der Waals surface area (Å²) in [5, 5.41) is 20.5. The molecule has 0 heterocycles. The van der Waals surface area contributed by atoms with Gasteiger partial charge in [0.2, 0.25) is 0 Å². The zero-order chi connectivity index (χ0) is 16.4. The fourth-order valence-electron chi connectivity index (χ4n) is 6.54. The van der Waals surface area contributed by atoms with Gasteiger partial charge in [-0.1, -0.05) is 26.0 Å². The molecule has 0 amide bonds. The van der Waals surface area contributed by atoms with Gasteiger partial charge in [0.15, 0.2) is 0 Å². The van der Waals surface area contributed by atoms with Gasteiger partial charge < -0.3 is 14.9 Å². The first kappa shape index (κ1) is 15.7. The lowest BCUT2D eigenvalue weighted by molar-refractivity contribution is -0.148. The number of hydrogen-bond donors (Lipinski definition) is 2. The quantitative estimate of drug-likeness (QED) is 0.722. The Morgan fingerprint density at radius 2 is 2.00 bits per heavy atom. The molecule has 0 radical (unpaired) electrons. The van der Waals surface area contributed by atoms with E-state index < -0.39 is 0 Å². The SMILES string of the molecule is CO[C@H]1C[C@@H]2C[C@@H](O)C=C[C@]2(C)[C@H]2CC[C@]3(C)C(O)=CC[C@H]3[C@H]12. The summed E-state index contributed by atoms with van der Waals surface area (Å²) in [6.07, 6.45) is 11.4. The number of allylic oxidation sites excluding steroid dienone is 3. The minimum Gasteiger partial charge on any atom is -0.512 e. The maximum Gasteiger partial charge on any atom is 0.0944 e. The summed E-state index contributed by atoms with van der Waals surface area (Å²) in [7, 11) is 1.84. The lowest BCUT2D eigenvalue weighted by Gasteiger charge is -2.60. The van der Waals surface area contributed by atoms with Gasteiger partial charge in [0.1, 0.15) is 0 Å². The number of fused-ring (bicyclic) bond motifs is 5. The number of methoxy groups -OCH3 is 1. The molecule has 3 heteroatoms. The topological polar surface area (TPSA) is 49.7 Å². The summed E-state index contributed by atoms with van der Waals surface area (Å²) in [5.74, 6) is 2.69.